The summed E-state index contributed by atoms with van der Waals surface area (Å²) in [6.07, 6.45) is 0.597. The standard InChI is InChI=1S/C8H8F2O3S/c1-2-6-3-4-8(7(9)5-6)13-14(10,11)12/h3-5H,2H2,1H3. The van der Waals surface area contributed by atoms with E-state index in [1.165, 1.54) is 6.07 Å². The summed E-state index contributed by atoms with van der Waals surface area (Å²) in [4.78, 5) is 0. The molecule has 0 saturated carbocycles. The fraction of sp³-hybridized carbons (Fsp3) is 0.250. The van der Waals surface area contributed by atoms with Gasteiger partial charge in [-0.1, -0.05) is 16.9 Å². The first-order chi connectivity index (χ1) is 6.42. The molecule has 1 aromatic rings. The number of benzene rings is 1. The van der Waals surface area contributed by atoms with Crippen molar-refractivity contribution in [3.8, 4) is 5.75 Å². The van der Waals surface area contributed by atoms with E-state index in [1.54, 1.807) is 6.92 Å². The third kappa shape index (κ3) is 2.95. The lowest BCUT2D eigenvalue weighted by Gasteiger charge is -2.02. The lowest BCUT2D eigenvalue weighted by atomic mass is 10.2. The van der Waals surface area contributed by atoms with E-state index in [1.807, 2.05) is 0 Å². The van der Waals surface area contributed by atoms with Crippen LogP contribution in [0.1, 0.15) is 12.5 Å². The molecule has 14 heavy (non-hydrogen) atoms. The molecule has 0 saturated heterocycles. The summed E-state index contributed by atoms with van der Waals surface area (Å²) in [5.74, 6) is -1.53. The predicted octanol–water partition coefficient (Wildman–Crippen LogP) is 1.98. The minimum absolute atomic E-state index is 0.597. The Morgan fingerprint density at radius 1 is 1.43 bits per heavy atom. The van der Waals surface area contributed by atoms with Crippen LogP contribution in [-0.4, -0.2) is 8.42 Å². The average molecular weight is 222 g/mol. The monoisotopic (exact) mass is 222 g/mol. The Hall–Kier alpha value is -1.17. The minimum atomic E-state index is -5.16. The van der Waals surface area contributed by atoms with Gasteiger partial charge in [0.05, 0.1) is 0 Å². The lowest BCUT2D eigenvalue weighted by Crippen LogP contribution is -2.03. The van der Waals surface area contributed by atoms with E-state index in [0.717, 1.165) is 12.1 Å². The van der Waals surface area contributed by atoms with E-state index in [-0.39, 0.29) is 0 Å². The Bertz CT molecular complexity index is 428. The molecular weight excluding hydrogens is 214 g/mol. The van der Waals surface area contributed by atoms with E-state index in [0.29, 0.717) is 12.0 Å². The lowest BCUT2D eigenvalue weighted by molar-refractivity contribution is 0.423. The van der Waals surface area contributed by atoms with Gasteiger partial charge in [-0.15, -0.1) is 0 Å². The SMILES string of the molecule is CCc1ccc(OS(=O)(=O)F)c(F)c1. The maximum Gasteiger partial charge on any atom is 0.488 e. The van der Waals surface area contributed by atoms with Crippen molar-refractivity contribution >= 4 is 10.5 Å². The topological polar surface area (TPSA) is 43.4 Å². The molecule has 0 N–H and O–H groups in total. The summed E-state index contributed by atoms with van der Waals surface area (Å²) in [6, 6.07) is 3.63. The van der Waals surface area contributed by atoms with Crippen LogP contribution in [0.15, 0.2) is 18.2 Å². The maximum absolute atomic E-state index is 13.0. The molecule has 0 unspecified atom stereocenters. The van der Waals surface area contributed by atoms with Gasteiger partial charge in [0.15, 0.2) is 11.6 Å². The van der Waals surface area contributed by atoms with Crippen LogP contribution in [0.5, 0.6) is 5.75 Å². The molecule has 0 radical (unpaired) electrons. The summed E-state index contributed by atoms with van der Waals surface area (Å²) in [5.41, 5.74) is 0.672. The first kappa shape index (κ1) is 10.9. The molecule has 0 bridgehead atoms. The second kappa shape index (κ2) is 3.91. The van der Waals surface area contributed by atoms with E-state index >= 15 is 0 Å². The fourth-order valence-electron chi connectivity index (χ4n) is 0.939. The van der Waals surface area contributed by atoms with Crippen LogP contribution in [0.25, 0.3) is 0 Å². The number of hydrogen-bond acceptors (Lipinski definition) is 3. The molecule has 78 valence electrons. The van der Waals surface area contributed by atoms with Crippen LogP contribution in [0.4, 0.5) is 8.28 Å². The van der Waals surface area contributed by atoms with Gasteiger partial charge >= 0.3 is 10.5 Å². The van der Waals surface area contributed by atoms with E-state index in [4.69, 9.17) is 0 Å². The van der Waals surface area contributed by atoms with Crippen molar-refractivity contribution in [1.29, 1.82) is 0 Å². The Morgan fingerprint density at radius 2 is 2.07 bits per heavy atom. The quantitative estimate of drug-likeness (QED) is 0.734. The number of halogens is 2. The Labute approximate surface area is 80.7 Å². The van der Waals surface area contributed by atoms with Crippen molar-refractivity contribution in [2.75, 3.05) is 0 Å². The van der Waals surface area contributed by atoms with Gasteiger partial charge in [0, 0.05) is 0 Å². The first-order valence-electron chi connectivity index (χ1n) is 3.85. The zero-order valence-electron chi connectivity index (χ0n) is 7.33. The fourth-order valence-corrected chi connectivity index (χ4v) is 1.29. The minimum Gasteiger partial charge on any atom is -0.355 e. The summed E-state index contributed by atoms with van der Waals surface area (Å²) in [5, 5.41) is 0. The molecular formula is C8H8F2O3S. The average Bonchev–Trinajstić information content (AvgIpc) is 2.06. The van der Waals surface area contributed by atoms with Gasteiger partial charge in [0.25, 0.3) is 0 Å². The highest BCUT2D eigenvalue weighted by atomic mass is 32.3. The summed E-state index contributed by atoms with van der Waals surface area (Å²) < 4.78 is 48.9. The smallest absolute Gasteiger partial charge is 0.355 e. The van der Waals surface area contributed by atoms with Gasteiger partial charge in [-0.2, -0.15) is 8.42 Å². The van der Waals surface area contributed by atoms with Crippen LogP contribution in [0.3, 0.4) is 0 Å². The highest BCUT2D eigenvalue weighted by Gasteiger charge is 2.13. The molecule has 0 aliphatic rings. The van der Waals surface area contributed by atoms with E-state index < -0.39 is 22.1 Å². The molecule has 0 aromatic heterocycles. The number of aryl methyl sites for hydroxylation is 1. The summed E-state index contributed by atoms with van der Waals surface area (Å²) in [6.45, 7) is 1.81. The first-order valence-corrected chi connectivity index (χ1v) is 5.15. The van der Waals surface area contributed by atoms with Crippen LogP contribution < -0.4 is 4.18 Å². The van der Waals surface area contributed by atoms with E-state index in [2.05, 4.69) is 4.18 Å². The highest BCUT2D eigenvalue weighted by molar-refractivity contribution is 7.81. The molecule has 0 aliphatic carbocycles. The van der Waals surface area contributed by atoms with Crippen molar-refractivity contribution in [1.82, 2.24) is 0 Å². The zero-order chi connectivity index (χ0) is 10.8. The van der Waals surface area contributed by atoms with Gasteiger partial charge in [-0.3, -0.25) is 0 Å². The van der Waals surface area contributed by atoms with Crippen molar-refractivity contribution in [2.45, 2.75) is 13.3 Å². The van der Waals surface area contributed by atoms with Gasteiger partial charge in [0.2, 0.25) is 0 Å². The molecule has 0 atom stereocenters. The van der Waals surface area contributed by atoms with Crippen LogP contribution in [0.2, 0.25) is 0 Å². The third-order valence-electron chi connectivity index (χ3n) is 1.59. The van der Waals surface area contributed by atoms with Gasteiger partial charge in [-0.05, 0) is 24.1 Å². The largest absolute Gasteiger partial charge is 0.488 e. The van der Waals surface area contributed by atoms with Crippen LogP contribution in [0, 0.1) is 5.82 Å². The van der Waals surface area contributed by atoms with Crippen molar-refractivity contribution in [3.05, 3.63) is 29.6 Å². The summed E-state index contributed by atoms with van der Waals surface area (Å²) in [7, 11) is -5.16. The number of rotatable bonds is 3. The van der Waals surface area contributed by atoms with Crippen LogP contribution >= 0.6 is 0 Å². The van der Waals surface area contributed by atoms with Crippen molar-refractivity contribution in [3.63, 3.8) is 0 Å². The van der Waals surface area contributed by atoms with Gasteiger partial charge in [0.1, 0.15) is 0 Å². The molecule has 0 aliphatic heterocycles. The van der Waals surface area contributed by atoms with Crippen molar-refractivity contribution in [2.24, 2.45) is 0 Å². The molecule has 0 spiro atoms. The Balaban J connectivity index is 3.01. The second-order valence-corrected chi connectivity index (χ2v) is 3.55. The second-order valence-electron chi connectivity index (χ2n) is 2.59. The Kier molecular flexibility index (Phi) is 3.05. The van der Waals surface area contributed by atoms with E-state index in [9.17, 15) is 16.7 Å². The summed E-state index contributed by atoms with van der Waals surface area (Å²) >= 11 is 0. The number of hydrogen-bond donors (Lipinski definition) is 0. The molecule has 1 rings (SSSR count). The highest BCUT2D eigenvalue weighted by Crippen LogP contribution is 2.20. The van der Waals surface area contributed by atoms with Crippen molar-refractivity contribution < 1.29 is 20.9 Å². The molecule has 0 heterocycles. The molecule has 0 amide bonds. The molecule has 0 fully saturated rings. The molecule has 6 heteroatoms. The van der Waals surface area contributed by atoms with Gasteiger partial charge in [-0.25, -0.2) is 4.39 Å². The predicted molar refractivity (Wildman–Crippen MR) is 46.4 cm³/mol. The third-order valence-corrected chi connectivity index (χ3v) is 1.97. The molecule has 1 aromatic carbocycles. The van der Waals surface area contributed by atoms with Crippen LogP contribution in [-0.2, 0) is 16.9 Å². The Morgan fingerprint density at radius 3 is 2.50 bits per heavy atom. The maximum atomic E-state index is 13.0. The molecule has 3 nitrogen and oxygen atoms in total. The van der Waals surface area contributed by atoms with Gasteiger partial charge < -0.3 is 4.18 Å². The normalized spacial score (nSPS) is 11.4. The zero-order valence-corrected chi connectivity index (χ0v) is 8.14.